The third kappa shape index (κ3) is 4.94. The summed E-state index contributed by atoms with van der Waals surface area (Å²) in [5, 5.41) is 7.99. The summed E-state index contributed by atoms with van der Waals surface area (Å²) in [4.78, 5) is 24.7. The summed E-state index contributed by atoms with van der Waals surface area (Å²) >= 11 is 0. The molecule has 4 nitrogen and oxygen atoms in total. The van der Waals surface area contributed by atoms with Gasteiger partial charge in [-0.25, -0.2) is 0 Å². The van der Waals surface area contributed by atoms with E-state index in [0.717, 1.165) is 29.2 Å². The molecule has 3 aromatic rings. The summed E-state index contributed by atoms with van der Waals surface area (Å²) in [7, 11) is 0. The van der Waals surface area contributed by atoms with Crippen LogP contribution in [0.4, 0.5) is 5.69 Å². The van der Waals surface area contributed by atoms with Crippen LogP contribution in [0.2, 0.25) is 0 Å². The van der Waals surface area contributed by atoms with Gasteiger partial charge in [0.25, 0.3) is 5.91 Å². The van der Waals surface area contributed by atoms with Crippen molar-refractivity contribution in [3.63, 3.8) is 0 Å². The second-order valence-corrected chi connectivity index (χ2v) is 6.55. The number of benzene rings is 3. The van der Waals surface area contributed by atoms with Crippen molar-refractivity contribution in [1.82, 2.24) is 5.32 Å². The quantitative estimate of drug-likeness (QED) is 0.607. The minimum absolute atomic E-state index is 0.102. The lowest BCUT2D eigenvalue weighted by Gasteiger charge is -2.10. The minimum atomic E-state index is -0.117. The van der Waals surface area contributed by atoms with Gasteiger partial charge in [-0.15, -0.1) is 0 Å². The zero-order valence-electron chi connectivity index (χ0n) is 15.5. The molecule has 2 N–H and O–H groups in total. The highest BCUT2D eigenvalue weighted by atomic mass is 16.2. The van der Waals surface area contributed by atoms with Gasteiger partial charge in [0.1, 0.15) is 0 Å². The van der Waals surface area contributed by atoms with E-state index < -0.39 is 0 Å². The Bertz CT molecular complexity index is 945. The van der Waals surface area contributed by atoms with Gasteiger partial charge in [0.15, 0.2) is 0 Å². The first-order valence-electron chi connectivity index (χ1n) is 9.32. The van der Waals surface area contributed by atoms with Gasteiger partial charge in [0.2, 0.25) is 5.91 Å². The number of rotatable bonds is 7. The number of hydrogen-bond donors (Lipinski definition) is 2. The zero-order valence-corrected chi connectivity index (χ0v) is 15.5. The van der Waals surface area contributed by atoms with E-state index in [1.807, 2.05) is 42.5 Å². The summed E-state index contributed by atoms with van der Waals surface area (Å²) in [5.74, 6) is -0.219. The second kappa shape index (κ2) is 8.99. The molecular weight excluding hydrogens is 336 g/mol. The standard InChI is InChI=1S/C23H24N2O2/c1-2-3-14-24-23(27)19-11-7-12-20(15-19)25-22(26)16-18-10-6-9-17-8-4-5-13-21(17)18/h4-13,15H,2-3,14,16H2,1H3,(H,24,27)(H,25,26). The SMILES string of the molecule is CCCCNC(=O)c1cccc(NC(=O)Cc2cccc3ccccc23)c1. The van der Waals surface area contributed by atoms with Crippen LogP contribution in [-0.2, 0) is 11.2 Å². The van der Waals surface area contributed by atoms with E-state index in [1.165, 1.54) is 0 Å². The summed E-state index contributed by atoms with van der Waals surface area (Å²) in [6.07, 6.45) is 2.27. The summed E-state index contributed by atoms with van der Waals surface area (Å²) in [6, 6.07) is 21.0. The first-order chi connectivity index (χ1) is 13.2. The lowest BCUT2D eigenvalue weighted by atomic mass is 10.0. The van der Waals surface area contributed by atoms with Crippen LogP contribution in [0.25, 0.3) is 10.8 Å². The molecular formula is C23H24N2O2. The number of unbranched alkanes of at least 4 members (excludes halogenated alkanes) is 1. The van der Waals surface area contributed by atoms with E-state index in [0.29, 0.717) is 17.8 Å². The topological polar surface area (TPSA) is 58.2 Å². The van der Waals surface area contributed by atoms with Gasteiger partial charge in [-0.2, -0.15) is 0 Å². The van der Waals surface area contributed by atoms with Crippen LogP contribution < -0.4 is 10.6 Å². The highest BCUT2D eigenvalue weighted by Crippen LogP contribution is 2.19. The number of carbonyl (C=O) groups is 2. The smallest absolute Gasteiger partial charge is 0.251 e. The summed E-state index contributed by atoms with van der Waals surface area (Å²) < 4.78 is 0. The Kier molecular flexibility index (Phi) is 6.21. The highest BCUT2D eigenvalue weighted by Gasteiger charge is 2.09. The minimum Gasteiger partial charge on any atom is -0.352 e. The maximum Gasteiger partial charge on any atom is 0.251 e. The molecule has 27 heavy (non-hydrogen) atoms. The Labute approximate surface area is 159 Å². The van der Waals surface area contributed by atoms with E-state index in [4.69, 9.17) is 0 Å². The van der Waals surface area contributed by atoms with Gasteiger partial charge in [-0.1, -0.05) is 61.9 Å². The number of nitrogens with one attached hydrogen (secondary N) is 2. The molecule has 0 fully saturated rings. The molecule has 0 unspecified atom stereocenters. The fourth-order valence-electron chi connectivity index (χ4n) is 3.04. The molecule has 3 rings (SSSR count). The Hall–Kier alpha value is -3.14. The average Bonchev–Trinajstić information content (AvgIpc) is 2.68. The Morgan fingerprint density at radius 2 is 1.70 bits per heavy atom. The Morgan fingerprint density at radius 1 is 0.926 bits per heavy atom. The van der Waals surface area contributed by atoms with E-state index >= 15 is 0 Å². The molecule has 2 amide bonds. The molecule has 0 spiro atoms. The number of anilines is 1. The first-order valence-corrected chi connectivity index (χ1v) is 9.32. The number of carbonyl (C=O) groups excluding carboxylic acids is 2. The largest absolute Gasteiger partial charge is 0.352 e. The van der Waals surface area contributed by atoms with Crippen LogP contribution in [0.5, 0.6) is 0 Å². The van der Waals surface area contributed by atoms with Crippen molar-refractivity contribution in [3.8, 4) is 0 Å². The van der Waals surface area contributed by atoms with Crippen molar-refractivity contribution >= 4 is 28.3 Å². The molecule has 0 aliphatic rings. The van der Waals surface area contributed by atoms with Gasteiger partial charge in [0, 0.05) is 17.8 Å². The molecule has 0 heterocycles. The van der Waals surface area contributed by atoms with Gasteiger partial charge in [-0.3, -0.25) is 9.59 Å². The van der Waals surface area contributed by atoms with Crippen LogP contribution in [0.3, 0.4) is 0 Å². The van der Waals surface area contributed by atoms with Crippen molar-refractivity contribution in [2.24, 2.45) is 0 Å². The van der Waals surface area contributed by atoms with Gasteiger partial charge in [0.05, 0.1) is 6.42 Å². The second-order valence-electron chi connectivity index (χ2n) is 6.55. The van der Waals surface area contributed by atoms with E-state index in [1.54, 1.807) is 24.3 Å². The fraction of sp³-hybridized carbons (Fsp3) is 0.217. The molecule has 3 aromatic carbocycles. The summed E-state index contributed by atoms with van der Waals surface area (Å²) in [5.41, 5.74) is 2.16. The highest BCUT2D eigenvalue weighted by molar-refractivity contribution is 5.98. The average molecular weight is 360 g/mol. The number of amides is 2. The molecule has 0 aromatic heterocycles. The van der Waals surface area contributed by atoms with Gasteiger partial charge in [-0.05, 0) is 41.0 Å². The Morgan fingerprint density at radius 3 is 2.56 bits per heavy atom. The molecule has 0 saturated heterocycles. The summed E-state index contributed by atoms with van der Waals surface area (Å²) in [6.45, 7) is 2.74. The zero-order chi connectivity index (χ0) is 19.1. The van der Waals surface area contributed by atoms with E-state index in [2.05, 4.69) is 17.6 Å². The normalized spacial score (nSPS) is 10.6. The van der Waals surface area contributed by atoms with Crippen molar-refractivity contribution in [2.75, 3.05) is 11.9 Å². The maximum absolute atomic E-state index is 12.5. The first kappa shape index (κ1) is 18.6. The third-order valence-electron chi connectivity index (χ3n) is 4.46. The van der Waals surface area contributed by atoms with Crippen LogP contribution in [0, 0.1) is 0 Å². The number of fused-ring (bicyclic) bond motifs is 1. The van der Waals surface area contributed by atoms with E-state index in [9.17, 15) is 9.59 Å². The Balaban J connectivity index is 1.67. The molecule has 0 aliphatic heterocycles. The van der Waals surface area contributed by atoms with Crippen LogP contribution in [-0.4, -0.2) is 18.4 Å². The van der Waals surface area contributed by atoms with Crippen LogP contribution in [0.15, 0.2) is 66.7 Å². The predicted molar refractivity (Wildman–Crippen MR) is 110 cm³/mol. The van der Waals surface area contributed by atoms with Crippen molar-refractivity contribution in [3.05, 3.63) is 77.9 Å². The molecule has 0 saturated carbocycles. The van der Waals surface area contributed by atoms with Gasteiger partial charge >= 0.3 is 0 Å². The molecule has 0 bridgehead atoms. The van der Waals surface area contributed by atoms with Crippen molar-refractivity contribution in [2.45, 2.75) is 26.2 Å². The van der Waals surface area contributed by atoms with E-state index in [-0.39, 0.29) is 18.2 Å². The predicted octanol–water partition coefficient (Wildman–Crippen LogP) is 4.55. The lowest BCUT2D eigenvalue weighted by Crippen LogP contribution is -2.24. The molecule has 0 atom stereocenters. The maximum atomic E-state index is 12.5. The fourth-order valence-corrected chi connectivity index (χ4v) is 3.04. The number of hydrogen-bond acceptors (Lipinski definition) is 2. The molecule has 0 radical (unpaired) electrons. The monoisotopic (exact) mass is 360 g/mol. The molecule has 138 valence electrons. The van der Waals surface area contributed by atoms with Crippen LogP contribution >= 0.6 is 0 Å². The van der Waals surface area contributed by atoms with Crippen molar-refractivity contribution < 1.29 is 9.59 Å². The molecule has 4 heteroatoms. The van der Waals surface area contributed by atoms with Crippen LogP contribution in [0.1, 0.15) is 35.7 Å². The third-order valence-corrected chi connectivity index (χ3v) is 4.46. The van der Waals surface area contributed by atoms with Gasteiger partial charge < -0.3 is 10.6 Å². The van der Waals surface area contributed by atoms with Crippen molar-refractivity contribution in [1.29, 1.82) is 0 Å². The lowest BCUT2D eigenvalue weighted by molar-refractivity contribution is -0.115. The molecule has 0 aliphatic carbocycles.